The third-order valence-electron chi connectivity index (χ3n) is 3.24. The number of hydrogen-bond acceptors (Lipinski definition) is 4. The van der Waals surface area contributed by atoms with Crippen LogP contribution in [-0.4, -0.2) is 39.8 Å². The van der Waals surface area contributed by atoms with Crippen LogP contribution in [-0.2, 0) is 17.0 Å². The van der Waals surface area contributed by atoms with E-state index in [4.69, 9.17) is 10.9 Å². The molecule has 1 aliphatic rings. The van der Waals surface area contributed by atoms with Crippen LogP contribution in [0.5, 0.6) is 0 Å². The van der Waals surface area contributed by atoms with Crippen LogP contribution in [0.2, 0.25) is 0 Å². The molecule has 0 spiro atoms. The summed E-state index contributed by atoms with van der Waals surface area (Å²) in [6.07, 6.45) is -4.61. The minimum Gasteiger partial charge on any atom is -0.409 e. The third-order valence-corrected chi connectivity index (χ3v) is 4.51. The lowest BCUT2D eigenvalue weighted by Crippen LogP contribution is -2.38. The summed E-state index contributed by atoms with van der Waals surface area (Å²) in [6, 6.07) is 3.64. The van der Waals surface area contributed by atoms with Crippen molar-refractivity contribution in [2.24, 2.45) is 10.9 Å². The quantitative estimate of drug-likeness (QED) is 0.373. The number of amidine groups is 1. The van der Waals surface area contributed by atoms with E-state index in [0.29, 0.717) is 30.3 Å². The summed E-state index contributed by atoms with van der Waals surface area (Å²) >= 11 is 0. The summed E-state index contributed by atoms with van der Waals surface area (Å²) in [4.78, 5) is 1.74. The summed E-state index contributed by atoms with van der Waals surface area (Å²) in [5, 5.41) is 11.2. The van der Waals surface area contributed by atoms with Crippen LogP contribution >= 0.6 is 0 Å². The third kappa shape index (κ3) is 3.46. The molecular weight excluding hydrogens is 307 g/mol. The van der Waals surface area contributed by atoms with Crippen LogP contribution in [0.25, 0.3) is 0 Å². The number of benzene rings is 1. The van der Waals surface area contributed by atoms with E-state index in [-0.39, 0.29) is 5.56 Å². The molecule has 0 saturated carbocycles. The fraction of sp³-hybridized carbons (Fsp3) is 0.417. The molecule has 0 aromatic heterocycles. The lowest BCUT2D eigenvalue weighted by atomic mass is 10.0. The van der Waals surface area contributed by atoms with Gasteiger partial charge in [-0.1, -0.05) is 5.16 Å². The fourth-order valence-corrected chi connectivity index (χ4v) is 3.19. The molecule has 1 aromatic rings. The Morgan fingerprint density at radius 2 is 1.95 bits per heavy atom. The number of hydrogen-bond donors (Lipinski definition) is 2. The summed E-state index contributed by atoms with van der Waals surface area (Å²) in [5.41, 5.74) is 4.34. The second kappa shape index (κ2) is 5.92. The smallest absolute Gasteiger partial charge is 0.409 e. The Bertz CT molecular complexity index is 580. The van der Waals surface area contributed by atoms with Crippen LogP contribution in [0.1, 0.15) is 11.1 Å². The first-order valence-corrected chi connectivity index (χ1v) is 7.61. The van der Waals surface area contributed by atoms with Crippen molar-refractivity contribution in [2.75, 3.05) is 29.5 Å². The van der Waals surface area contributed by atoms with Gasteiger partial charge >= 0.3 is 6.18 Å². The maximum absolute atomic E-state index is 13.1. The second-order valence-corrected chi connectivity index (χ2v) is 6.24. The maximum Gasteiger partial charge on any atom is 0.417 e. The van der Waals surface area contributed by atoms with Crippen LogP contribution in [0.3, 0.4) is 0 Å². The van der Waals surface area contributed by atoms with Crippen molar-refractivity contribution in [3.05, 3.63) is 29.3 Å². The van der Waals surface area contributed by atoms with Gasteiger partial charge in [-0.25, -0.2) is 0 Å². The van der Waals surface area contributed by atoms with Crippen LogP contribution in [0, 0.1) is 0 Å². The van der Waals surface area contributed by atoms with Gasteiger partial charge in [-0.2, -0.15) is 13.2 Å². The van der Waals surface area contributed by atoms with Gasteiger partial charge in [0.2, 0.25) is 0 Å². The number of alkyl halides is 3. The first-order valence-electron chi connectivity index (χ1n) is 6.12. The zero-order valence-electron chi connectivity index (χ0n) is 10.9. The number of rotatable bonds is 2. The number of oxime groups is 1. The minimum atomic E-state index is -4.61. The molecule has 1 aromatic carbocycles. The predicted octanol–water partition coefficient (Wildman–Crippen LogP) is 1.37. The highest BCUT2D eigenvalue weighted by molar-refractivity contribution is 7.85. The monoisotopic (exact) mass is 321 g/mol. The predicted molar refractivity (Wildman–Crippen MR) is 74.0 cm³/mol. The molecule has 1 saturated heterocycles. The van der Waals surface area contributed by atoms with Crippen LogP contribution in [0.4, 0.5) is 18.9 Å². The average Bonchev–Trinajstić information content (AvgIpc) is 2.46. The van der Waals surface area contributed by atoms with Gasteiger partial charge in [0, 0.05) is 46.6 Å². The van der Waals surface area contributed by atoms with Crippen molar-refractivity contribution in [3.8, 4) is 0 Å². The molecular formula is C12H14F3N3O2S. The first kappa shape index (κ1) is 15.6. The zero-order chi connectivity index (χ0) is 15.6. The Balaban J connectivity index is 2.40. The lowest BCUT2D eigenvalue weighted by molar-refractivity contribution is -0.137. The molecule has 0 aliphatic carbocycles. The van der Waals surface area contributed by atoms with E-state index in [9.17, 15) is 17.4 Å². The molecule has 1 heterocycles. The zero-order valence-corrected chi connectivity index (χ0v) is 11.7. The molecule has 21 heavy (non-hydrogen) atoms. The molecule has 0 amide bonds. The molecule has 1 fully saturated rings. The van der Waals surface area contributed by atoms with E-state index in [0.717, 1.165) is 6.07 Å². The van der Waals surface area contributed by atoms with E-state index in [2.05, 4.69) is 5.16 Å². The molecule has 9 heteroatoms. The van der Waals surface area contributed by atoms with Gasteiger partial charge in [0.1, 0.15) is 0 Å². The standard InChI is InChI=1S/C12H14F3N3O2S/c13-12(14,15)10-7-8(1-2-9(10)11(16)17-19)18-3-5-21(20)6-4-18/h1-2,7,19H,3-6H2,(H2,16,17). The van der Waals surface area contributed by atoms with Crippen molar-refractivity contribution in [1.29, 1.82) is 0 Å². The van der Waals surface area contributed by atoms with Crippen LogP contribution in [0.15, 0.2) is 23.4 Å². The Hall–Kier alpha value is -1.77. The lowest BCUT2D eigenvalue weighted by Gasteiger charge is -2.29. The molecule has 0 unspecified atom stereocenters. The Kier molecular flexibility index (Phi) is 4.40. The largest absolute Gasteiger partial charge is 0.417 e. The normalized spacial score (nSPS) is 18.0. The SMILES string of the molecule is NC(=NO)c1ccc(N2CCS(=O)CC2)cc1C(F)(F)F. The second-order valence-electron chi connectivity index (χ2n) is 4.55. The van der Waals surface area contributed by atoms with E-state index in [1.807, 2.05) is 0 Å². The number of anilines is 1. The van der Waals surface area contributed by atoms with Crippen molar-refractivity contribution in [1.82, 2.24) is 0 Å². The average molecular weight is 321 g/mol. The number of halogens is 3. The minimum absolute atomic E-state index is 0.366. The molecule has 1 aliphatic heterocycles. The Morgan fingerprint density at radius 1 is 1.33 bits per heavy atom. The Morgan fingerprint density at radius 3 is 2.48 bits per heavy atom. The van der Waals surface area contributed by atoms with Gasteiger partial charge in [-0.15, -0.1) is 0 Å². The number of nitrogens with zero attached hydrogens (tertiary/aromatic N) is 2. The van der Waals surface area contributed by atoms with E-state index in [1.165, 1.54) is 12.1 Å². The highest BCUT2D eigenvalue weighted by Crippen LogP contribution is 2.34. The molecule has 0 radical (unpaired) electrons. The fourth-order valence-electron chi connectivity index (χ4n) is 2.14. The van der Waals surface area contributed by atoms with Gasteiger partial charge in [0.15, 0.2) is 5.84 Å². The van der Waals surface area contributed by atoms with Crippen molar-refractivity contribution >= 4 is 22.3 Å². The van der Waals surface area contributed by atoms with E-state index >= 15 is 0 Å². The van der Waals surface area contributed by atoms with Crippen molar-refractivity contribution in [2.45, 2.75) is 6.18 Å². The van der Waals surface area contributed by atoms with Gasteiger partial charge in [-0.3, -0.25) is 4.21 Å². The maximum atomic E-state index is 13.1. The van der Waals surface area contributed by atoms with E-state index in [1.54, 1.807) is 4.90 Å². The summed E-state index contributed by atoms with van der Waals surface area (Å²) < 4.78 is 50.6. The molecule has 0 bridgehead atoms. The van der Waals surface area contributed by atoms with Gasteiger partial charge in [-0.05, 0) is 18.2 Å². The van der Waals surface area contributed by atoms with Crippen molar-refractivity contribution in [3.63, 3.8) is 0 Å². The first-order chi connectivity index (χ1) is 9.82. The molecule has 2 rings (SSSR count). The highest BCUT2D eigenvalue weighted by atomic mass is 32.2. The highest BCUT2D eigenvalue weighted by Gasteiger charge is 2.35. The molecule has 3 N–H and O–H groups in total. The van der Waals surface area contributed by atoms with Gasteiger partial charge in [0.25, 0.3) is 0 Å². The summed E-state index contributed by atoms with van der Waals surface area (Å²) in [5.74, 6) is 0.278. The summed E-state index contributed by atoms with van der Waals surface area (Å²) in [7, 11) is -0.906. The molecule has 116 valence electrons. The summed E-state index contributed by atoms with van der Waals surface area (Å²) in [6.45, 7) is 0.875. The van der Waals surface area contributed by atoms with Crippen LogP contribution < -0.4 is 10.6 Å². The van der Waals surface area contributed by atoms with Gasteiger partial charge in [0.05, 0.1) is 5.56 Å². The number of nitrogens with two attached hydrogens (primary N) is 1. The topological polar surface area (TPSA) is 78.9 Å². The van der Waals surface area contributed by atoms with Crippen molar-refractivity contribution < 1.29 is 22.6 Å². The Labute approximate surface area is 121 Å². The molecule has 0 atom stereocenters. The molecule has 5 nitrogen and oxygen atoms in total. The van der Waals surface area contributed by atoms with E-state index < -0.39 is 28.4 Å². The van der Waals surface area contributed by atoms with Gasteiger partial charge < -0.3 is 15.8 Å².